The van der Waals surface area contributed by atoms with Crippen LogP contribution in [0.15, 0.2) is 97.3 Å². The number of unbranched alkanes of at least 4 members (excludes halogenated alkanes) is 1. The molecule has 3 heterocycles. The van der Waals surface area contributed by atoms with Gasteiger partial charge in [0.1, 0.15) is 0 Å². The van der Waals surface area contributed by atoms with Crippen LogP contribution in [0.3, 0.4) is 0 Å². The molecule has 1 aliphatic carbocycles. The molecule has 1 saturated heterocycles. The number of ether oxygens (including phenoxy) is 1. The number of likely N-dealkylation sites (tertiary alicyclic amines) is 1. The molecule has 1 aliphatic heterocycles. The van der Waals surface area contributed by atoms with Crippen LogP contribution in [0.1, 0.15) is 88.5 Å². The lowest BCUT2D eigenvalue weighted by Gasteiger charge is -2.33. The van der Waals surface area contributed by atoms with Crippen LogP contribution >= 0.6 is 0 Å². The summed E-state index contributed by atoms with van der Waals surface area (Å²) in [6.45, 7) is 4.82. The topological polar surface area (TPSA) is 136 Å². The molecule has 298 valence electrons. The first-order valence-electron chi connectivity index (χ1n) is 20.7. The number of H-pyrrole nitrogens is 1. The van der Waals surface area contributed by atoms with Crippen molar-refractivity contribution in [3.8, 4) is 0 Å². The van der Waals surface area contributed by atoms with E-state index in [1.54, 1.807) is 0 Å². The maximum absolute atomic E-state index is 12.9. The minimum atomic E-state index is -0.550. The van der Waals surface area contributed by atoms with E-state index in [0.717, 1.165) is 72.8 Å². The molecule has 3 aromatic carbocycles. The lowest BCUT2D eigenvalue weighted by atomic mass is 9.85. The number of piperidine rings is 1. The van der Waals surface area contributed by atoms with E-state index in [-0.39, 0.29) is 17.8 Å². The van der Waals surface area contributed by atoms with E-state index in [1.165, 1.54) is 11.1 Å². The Morgan fingerprint density at radius 2 is 1.86 bits per heavy atom. The molecular weight excluding hydrogens is 703 g/mol. The van der Waals surface area contributed by atoms with E-state index in [2.05, 4.69) is 87.2 Å². The molecule has 0 spiro atoms. The Bertz CT molecular complexity index is 2030. The van der Waals surface area contributed by atoms with Crippen LogP contribution in [-0.4, -0.2) is 78.4 Å². The Balaban J connectivity index is 0.830. The first kappa shape index (κ1) is 39.7. The molecule has 2 aromatic heterocycles. The zero-order valence-corrected chi connectivity index (χ0v) is 32.7. The highest BCUT2D eigenvalue weighted by molar-refractivity contribution is 5.82. The number of allylic oxidation sites excluding steroid dienone is 2. The SMILES string of the molecule is CC(OC(=O)CCCC=CC[C@@H]1[C@@H](CCC(O)CCc2ccccc2)[C@H](O)C[C@@H]1O)n1ccc2ccc(CN3CCCC(Nc4ccc5[nH]ncc5c4)C3)cc21. The average molecular weight is 762 g/mol. The Morgan fingerprint density at radius 1 is 1.00 bits per heavy atom. The number of aryl methyl sites for hydroxylation is 1. The van der Waals surface area contributed by atoms with Gasteiger partial charge < -0.3 is 29.9 Å². The van der Waals surface area contributed by atoms with Crippen molar-refractivity contribution in [3.05, 3.63) is 108 Å². The molecule has 5 N–H and O–H groups in total. The highest BCUT2D eigenvalue weighted by Crippen LogP contribution is 2.38. The van der Waals surface area contributed by atoms with Gasteiger partial charge in [0.05, 0.1) is 35.5 Å². The fraction of sp³-hybridized carbons (Fsp3) is 0.478. The number of carbonyl (C=O) groups is 1. The number of fused-ring (bicyclic) bond motifs is 2. The normalized spacial score (nSPS) is 22.9. The van der Waals surface area contributed by atoms with Gasteiger partial charge in [0.2, 0.25) is 0 Å². The Labute approximate surface area is 330 Å². The first-order chi connectivity index (χ1) is 27.3. The minimum absolute atomic E-state index is 0.0338. The monoisotopic (exact) mass is 761 g/mol. The number of aromatic amines is 1. The number of benzene rings is 3. The third-order valence-corrected chi connectivity index (χ3v) is 12.0. The van der Waals surface area contributed by atoms with Gasteiger partial charge in [-0.1, -0.05) is 54.6 Å². The van der Waals surface area contributed by atoms with Crippen LogP contribution < -0.4 is 5.32 Å². The Morgan fingerprint density at radius 3 is 2.73 bits per heavy atom. The molecule has 3 unspecified atom stereocenters. The molecular formula is C46H59N5O5. The van der Waals surface area contributed by atoms with E-state index >= 15 is 0 Å². The molecule has 7 atom stereocenters. The maximum Gasteiger partial charge on any atom is 0.307 e. The summed E-state index contributed by atoms with van der Waals surface area (Å²) >= 11 is 0. The summed E-state index contributed by atoms with van der Waals surface area (Å²) in [6, 6.07) is 25.6. The van der Waals surface area contributed by atoms with E-state index in [0.29, 0.717) is 51.0 Å². The molecule has 5 aromatic rings. The number of hydrogen-bond donors (Lipinski definition) is 5. The molecule has 7 rings (SSSR count). The number of aromatic nitrogens is 3. The fourth-order valence-corrected chi connectivity index (χ4v) is 8.91. The van der Waals surface area contributed by atoms with Crippen LogP contribution in [0.4, 0.5) is 5.69 Å². The summed E-state index contributed by atoms with van der Waals surface area (Å²) in [5, 5.41) is 45.1. The second-order valence-corrected chi connectivity index (χ2v) is 16.1. The molecule has 0 bridgehead atoms. The summed E-state index contributed by atoms with van der Waals surface area (Å²) in [5.74, 6) is -0.288. The molecule has 0 amide bonds. The van der Waals surface area contributed by atoms with Crippen molar-refractivity contribution in [1.82, 2.24) is 19.7 Å². The van der Waals surface area contributed by atoms with E-state index < -0.39 is 24.5 Å². The Hall–Kier alpha value is -4.48. The first-order valence-corrected chi connectivity index (χ1v) is 20.7. The van der Waals surface area contributed by atoms with Gasteiger partial charge in [-0.25, -0.2) is 0 Å². The number of carbonyl (C=O) groups excluding carboxylic acids is 1. The number of nitrogens with one attached hydrogen (secondary N) is 2. The molecule has 2 fully saturated rings. The predicted octanol–water partition coefficient (Wildman–Crippen LogP) is 7.90. The van der Waals surface area contributed by atoms with Crippen LogP contribution in [0.25, 0.3) is 21.8 Å². The second-order valence-electron chi connectivity index (χ2n) is 16.1. The number of hydrogen-bond acceptors (Lipinski definition) is 8. The van der Waals surface area contributed by atoms with Crippen molar-refractivity contribution < 1.29 is 24.9 Å². The molecule has 10 nitrogen and oxygen atoms in total. The summed E-state index contributed by atoms with van der Waals surface area (Å²) in [5.41, 5.74) is 5.68. The van der Waals surface area contributed by atoms with Gasteiger partial charge in [-0.15, -0.1) is 0 Å². The van der Waals surface area contributed by atoms with Crippen molar-refractivity contribution in [2.75, 3.05) is 18.4 Å². The molecule has 1 saturated carbocycles. The zero-order chi connectivity index (χ0) is 38.9. The third-order valence-electron chi connectivity index (χ3n) is 12.0. The number of aliphatic hydroxyl groups excluding tert-OH is 3. The average Bonchev–Trinajstić information content (AvgIpc) is 3.91. The van der Waals surface area contributed by atoms with Gasteiger partial charge in [-0.3, -0.25) is 14.8 Å². The highest BCUT2D eigenvalue weighted by atomic mass is 16.6. The Kier molecular flexibility index (Phi) is 13.6. The number of nitrogens with zero attached hydrogens (tertiary/aromatic N) is 3. The molecule has 10 heteroatoms. The van der Waals surface area contributed by atoms with Crippen molar-refractivity contribution in [2.24, 2.45) is 11.8 Å². The summed E-state index contributed by atoms with van der Waals surface area (Å²) in [4.78, 5) is 15.4. The van der Waals surface area contributed by atoms with Gasteiger partial charge in [0.15, 0.2) is 6.23 Å². The van der Waals surface area contributed by atoms with Gasteiger partial charge in [-0.2, -0.15) is 5.10 Å². The fourth-order valence-electron chi connectivity index (χ4n) is 8.91. The molecule has 56 heavy (non-hydrogen) atoms. The number of anilines is 1. The van der Waals surface area contributed by atoms with Crippen molar-refractivity contribution >= 4 is 33.5 Å². The summed E-state index contributed by atoms with van der Waals surface area (Å²) < 4.78 is 7.94. The maximum atomic E-state index is 12.9. The zero-order valence-electron chi connectivity index (χ0n) is 32.7. The highest BCUT2D eigenvalue weighted by Gasteiger charge is 2.40. The van der Waals surface area contributed by atoms with E-state index in [1.807, 2.05) is 42.1 Å². The van der Waals surface area contributed by atoms with Crippen LogP contribution in [0, 0.1) is 11.8 Å². The van der Waals surface area contributed by atoms with Crippen molar-refractivity contribution in [3.63, 3.8) is 0 Å². The van der Waals surface area contributed by atoms with Crippen LogP contribution in [0.2, 0.25) is 0 Å². The number of rotatable bonds is 18. The van der Waals surface area contributed by atoms with Crippen molar-refractivity contribution in [2.45, 2.75) is 115 Å². The van der Waals surface area contributed by atoms with Crippen LogP contribution in [0.5, 0.6) is 0 Å². The van der Waals surface area contributed by atoms with Gasteiger partial charge >= 0.3 is 5.97 Å². The third kappa shape index (κ3) is 10.5. The van der Waals surface area contributed by atoms with Gasteiger partial charge in [0, 0.05) is 42.8 Å². The second kappa shape index (κ2) is 19.1. The predicted molar refractivity (Wildman–Crippen MR) is 222 cm³/mol. The number of aliphatic hydroxyl groups is 3. The molecule has 2 aliphatic rings. The largest absolute Gasteiger partial charge is 0.441 e. The summed E-state index contributed by atoms with van der Waals surface area (Å²) in [7, 11) is 0. The smallest absolute Gasteiger partial charge is 0.307 e. The molecule has 0 radical (unpaired) electrons. The number of esters is 1. The standard InChI is InChI=1S/C46H59N5O5/c1-32(56-46(55)14-8-3-2-7-13-40-41(45(54)28-44(40)53)21-20-39(52)19-16-33-10-5-4-6-11-33)51-25-23-35-17-15-34(26-43(35)51)30-50-24-9-12-38(31-50)48-37-18-22-42-36(27-37)29-47-49-42/h2,4-7,10-11,15,17-18,22-23,25-27,29,32,38-41,44-45,48,52-54H,3,8-9,12-14,16,19-21,24,28,30-31H2,1H3,(H,47,49)/t32?,38?,39?,40-,41-,44+,45-/m1/s1. The van der Waals surface area contributed by atoms with Crippen LogP contribution in [-0.2, 0) is 22.5 Å². The minimum Gasteiger partial charge on any atom is -0.441 e. The van der Waals surface area contributed by atoms with Gasteiger partial charge in [-0.05, 0) is 136 Å². The van der Waals surface area contributed by atoms with Gasteiger partial charge in [0.25, 0.3) is 0 Å². The quantitative estimate of drug-likeness (QED) is 0.0346. The van der Waals surface area contributed by atoms with Crippen molar-refractivity contribution in [1.29, 1.82) is 0 Å². The van der Waals surface area contributed by atoms with E-state index in [4.69, 9.17) is 4.74 Å². The lowest BCUT2D eigenvalue weighted by molar-refractivity contribution is -0.152. The lowest BCUT2D eigenvalue weighted by Crippen LogP contribution is -2.41. The summed E-state index contributed by atoms with van der Waals surface area (Å²) in [6.07, 6.45) is 14.0. The van der Waals surface area contributed by atoms with E-state index in [9.17, 15) is 20.1 Å².